The highest BCUT2D eigenvalue weighted by Gasteiger charge is 2.15. The van der Waals surface area contributed by atoms with E-state index in [1.165, 1.54) is 0 Å². The van der Waals surface area contributed by atoms with Crippen LogP contribution in [0.1, 0.15) is 25.3 Å². The predicted octanol–water partition coefficient (Wildman–Crippen LogP) is 4.11. The van der Waals surface area contributed by atoms with Crippen LogP contribution in [0.5, 0.6) is 11.5 Å². The van der Waals surface area contributed by atoms with Crippen molar-refractivity contribution in [2.45, 2.75) is 32.9 Å². The summed E-state index contributed by atoms with van der Waals surface area (Å²) in [6.07, 6.45) is 4.26. The normalized spacial score (nSPS) is 11.1. The lowest BCUT2D eigenvalue weighted by atomic mass is 10.2. The molecule has 0 aliphatic rings. The predicted molar refractivity (Wildman–Crippen MR) is 115 cm³/mol. The molecule has 1 rings (SSSR count). The second-order valence-corrected chi connectivity index (χ2v) is 6.09. The minimum absolute atomic E-state index is 0. The van der Waals surface area contributed by atoms with Gasteiger partial charge in [0.05, 0.1) is 6.61 Å². The maximum Gasteiger partial charge on any atom is 0.387 e. The summed E-state index contributed by atoms with van der Waals surface area (Å²) in [5.74, 6) is 2.12. The molecular formula is C17H28F2IN3O2S. The van der Waals surface area contributed by atoms with Crippen molar-refractivity contribution in [3.63, 3.8) is 0 Å². The van der Waals surface area contributed by atoms with Crippen molar-refractivity contribution in [2.24, 2.45) is 4.99 Å². The molecule has 0 heterocycles. The van der Waals surface area contributed by atoms with Gasteiger partial charge in [0.15, 0.2) is 17.5 Å². The van der Waals surface area contributed by atoms with E-state index in [2.05, 4.69) is 26.6 Å². The molecule has 9 heteroatoms. The molecule has 2 N–H and O–H groups in total. The summed E-state index contributed by atoms with van der Waals surface area (Å²) in [6, 6.07) is 5.08. The number of rotatable bonds is 11. The van der Waals surface area contributed by atoms with Gasteiger partial charge in [0, 0.05) is 25.7 Å². The van der Waals surface area contributed by atoms with E-state index in [1.807, 2.05) is 11.8 Å². The summed E-state index contributed by atoms with van der Waals surface area (Å²) < 4.78 is 35.5. The summed E-state index contributed by atoms with van der Waals surface area (Å²) in [7, 11) is 1.67. The number of aliphatic imine (C=N–C) groups is 1. The lowest BCUT2D eigenvalue weighted by Crippen LogP contribution is -2.37. The highest BCUT2D eigenvalue weighted by Crippen LogP contribution is 2.32. The van der Waals surface area contributed by atoms with Gasteiger partial charge in [0.2, 0.25) is 0 Å². The Morgan fingerprint density at radius 1 is 1.27 bits per heavy atom. The fraction of sp³-hybridized carbons (Fsp3) is 0.588. The molecule has 0 unspecified atom stereocenters. The standard InChI is InChI=1S/C17H27F2N3O2S.HI/c1-4-23-14-9-7-8-13(15(14)24-16(18)19)12-22-17(20-2)21-10-5-6-11-25-3;/h7-9,16H,4-6,10-12H2,1-3H3,(H2,20,21,22);1H. The van der Waals surface area contributed by atoms with E-state index in [1.54, 1.807) is 32.2 Å². The topological polar surface area (TPSA) is 54.9 Å². The van der Waals surface area contributed by atoms with Gasteiger partial charge in [0.1, 0.15) is 0 Å². The van der Waals surface area contributed by atoms with E-state index >= 15 is 0 Å². The number of para-hydroxylation sites is 1. The average molecular weight is 503 g/mol. The zero-order valence-electron chi connectivity index (χ0n) is 15.4. The van der Waals surface area contributed by atoms with Crippen molar-refractivity contribution < 1.29 is 18.3 Å². The number of halogens is 3. The van der Waals surface area contributed by atoms with Gasteiger partial charge in [-0.15, -0.1) is 24.0 Å². The quantitative estimate of drug-likeness (QED) is 0.206. The van der Waals surface area contributed by atoms with Crippen LogP contribution in [0.2, 0.25) is 0 Å². The van der Waals surface area contributed by atoms with Gasteiger partial charge in [-0.05, 0) is 37.8 Å². The Hall–Kier alpha value is -0.970. The molecule has 0 saturated heterocycles. The van der Waals surface area contributed by atoms with Crippen LogP contribution in [-0.2, 0) is 6.54 Å². The first-order valence-corrected chi connectivity index (χ1v) is 9.64. The highest BCUT2D eigenvalue weighted by atomic mass is 127. The summed E-state index contributed by atoms with van der Waals surface area (Å²) in [5, 5.41) is 6.32. The number of ether oxygens (including phenoxy) is 2. The van der Waals surface area contributed by atoms with Gasteiger partial charge in [0.25, 0.3) is 0 Å². The Morgan fingerprint density at radius 2 is 2.04 bits per heavy atom. The van der Waals surface area contributed by atoms with Crippen molar-refractivity contribution in [3.05, 3.63) is 23.8 Å². The molecule has 0 aromatic heterocycles. The molecule has 5 nitrogen and oxygen atoms in total. The van der Waals surface area contributed by atoms with Gasteiger partial charge in [-0.2, -0.15) is 20.5 Å². The Labute approximate surface area is 175 Å². The number of benzene rings is 1. The fourth-order valence-corrected chi connectivity index (χ4v) is 2.66. The van der Waals surface area contributed by atoms with Crippen LogP contribution < -0.4 is 20.1 Å². The van der Waals surface area contributed by atoms with Crippen molar-refractivity contribution in [1.82, 2.24) is 10.6 Å². The van der Waals surface area contributed by atoms with Gasteiger partial charge in [-0.3, -0.25) is 4.99 Å². The van der Waals surface area contributed by atoms with Gasteiger partial charge < -0.3 is 20.1 Å². The van der Waals surface area contributed by atoms with Gasteiger partial charge in [-0.25, -0.2) is 0 Å². The SMILES string of the molecule is CCOc1cccc(CNC(=NC)NCCCCSC)c1OC(F)F.I. The lowest BCUT2D eigenvalue weighted by molar-refractivity contribution is -0.0520. The third-order valence-corrected chi connectivity index (χ3v) is 4.00. The number of hydrogen-bond donors (Lipinski definition) is 2. The molecule has 0 atom stereocenters. The Kier molecular flexibility index (Phi) is 14.6. The van der Waals surface area contributed by atoms with Crippen LogP contribution in [0.4, 0.5) is 8.78 Å². The molecule has 0 radical (unpaired) electrons. The first-order chi connectivity index (χ1) is 12.1. The lowest BCUT2D eigenvalue weighted by Gasteiger charge is -2.17. The Balaban J connectivity index is 0.00000625. The fourth-order valence-electron chi connectivity index (χ4n) is 2.17. The van der Waals surface area contributed by atoms with Crippen LogP contribution in [-0.4, -0.2) is 44.8 Å². The van der Waals surface area contributed by atoms with E-state index < -0.39 is 6.61 Å². The second-order valence-electron chi connectivity index (χ2n) is 5.11. The van der Waals surface area contributed by atoms with Crippen molar-refractivity contribution in [1.29, 1.82) is 0 Å². The van der Waals surface area contributed by atoms with E-state index in [-0.39, 0.29) is 29.7 Å². The maximum atomic E-state index is 12.7. The minimum Gasteiger partial charge on any atom is -0.490 e. The molecule has 1 aromatic rings. The number of nitrogens with one attached hydrogen (secondary N) is 2. The molecule has 0 fully saturated rings. The smallest absolute Gasteiger partial charge is 0.387 e. The van der Waals surface area contributed by atoms with Gasteiger partial charge in [-0.1, -0.05) is 12.1 Å². The van der Waals surface area contributed by atoms with Crippen molar-refractivity contribution in [2.75, 3.05) is 32.2 Å². The highest BCUT2D eigenvalue weighted by molar-refractivity contribution is 14.0. The maximum absolute atomic E-state index is 12.7. The second kappa shape index (κ2) is 15.1. The van der Waals surface area contributed by atoms with Crippen LogP contribution >= 0.6 is 35.7 Å². The Morgan fingerprint density at radius 3 is 2.65 bits per heavy atom. The van der Waals surface area contributed by atoms with Crippen LogP contribution in [0.25, 0.3) is 0 Å². The minimum atomic E-state index is -2.91. The third kappa shape index (κ3) is 9.65. The van der Waals surface area contributed by atoms with E-state index in [0.717, 1.165) is 25.1 Å². The monoisotopic (exact) mass is 503 g/mol. The number of guanidine groups is 1. The molecule has 150 valence electrons. The number of hydrogen-bond acceptors (Lipinski definition) is 4. The van der Waals surface area contributed by atoms with E-state index in [4.69, 9.17) is 4.74 Å². The number of alkyl halides is 2. The van der Waals surface area contributed by atoms with Crippen LogP contribution in [0.15, 0.2) is 23.2 Å². The van der Waals surface area contributed by atoms with Gasteiger partial charge >= 0.3 is 6.61 Å². The van der Waals surface area contributed by atoms with E-state index in [0.29, 0.717) is 30.4 Å². The molecule has 0 saturated carbocycles. The molecule has 0 aliphatic heterocycles. The van der Waals surface area contributed by atoms with Crippen LogP contribution in [0, 0.1) is 0 Å². The summed E-state index contributed by atoms with van der Waals surface area (Å²) >= 11 is 1.82. The molecule has 0 bridgehead atoms. The summed E-state index contributed by atoms with van der Waals surface area (Å²) in [4.78, 5) is 4.14. The number of unbranched alkanes of at least 4 members (excludes halogenated alkanes) is 1. The van der Waals surface area contributed by atoms with Crippen molar-refractivity contribution in [3.8, 4) is 11.5 Å². The molecular weight excluding hydrogens is 475 g/mol. The van der Waals surface area contributed by atoms with Crippen molar-refractivity contribution >= 4 is 41.7 Å². The Bertz CT molecular complexity index is 537. The number of nitrogens with zero attached hydrogens (tertiary/aromatic N) is 1. The first-order valence-electron chi connectivity index (χ1n) is 8.25. The van der Waals surface area contributed by atoms with Crippen LogP contribution in [0.3, 0.4) is 0 Å². The van der Waals surface area contributed by atoms with E-state index in [9.17, 15) is 8.78 Å². The summed E-state index contributed by atoms with van der Waals surface area (Å²) in [6.45, 7) is 0.358. The molecule has 0 spiro atoms. The average Bonchev–Trinajstić information content (AvgIpc) is 2.59. The number of thioether (sulfide) groups is 1. The zero-order valence-corrected chi connectivity index (χ0v) is 18.5. The molecule has 26 heavy (non-hydrogen) atoms. The third-order valence-electron chi connectivity index (χ3n) is 3.30. The molecule has 1 aromatic carbocycles. The molecule has 0 aliphatic carbocycles. The summed E-state index contributed by atoms with van der Waals surface area (Å²) in [5.41, 5.74) is 0.580. The first kappa shape index (κ1) is 25.0. The zero-order chi connectivity index (χ0) is 18.5. The molecule has 0 amide bonds. The largest absolute Gasteiger partial charge is 0.490 e.